The van der Waals surface area contributed by atoms with E-state index in [1.807, 2.05) is 25.1 Å². The van der Waals surface area contributed by atoms with Gasteiger partial charge in [0, 0.05) is 25.3 Å². The van der Waals surface area contributed by atoms with Crippen molar-refractivity contribution < 1.29 is 9.47 Å². The molecule has 1 aliphatic rings. The van der Waals surface area contributed by atoms with Gasteiger partial charge >= 0.3 is 0 Å². The highest BCUT2D eigenvalue weighted by Gasteiger charge is 2.14. The standard InChI is InChI=1S/C20H33N3O2/c1-3-21-20(22-14-9-15-25-18-11-6-7-12-18)23-16-17-10-5-8-13-19(17)24-4-2/h5,8,10,13,18H,3-4,6-7,9,11-12,14-16H2,1-2H3,(H2,21,22,23). The van der Waals surface area contributed by atoms with Gasteiger partial charge in [-0.15, -0.1) is 0 Å². The Bertz CT molecular complexity index is 513. The molecule has 0 bridgehead atoms. The maximum atomic E-state index is 5.90. The van der Waals surface area contributed by atoms with Gasteiger partial charge in [0.2, 0.25) is 0 Å². The molecule has 5 nitrogen and oxygen atoms in total. The van der Waals surface area contributed by atoms with E-state index in [1.165, 1.54) is 25.7 Å². The van der Waals surface area contributed by atoms with E-state index >= 15 is 0 Å². The van der Waals surface area contributed by atoms with Crippen molar-refractivity contribution in [3.63, 3.8) is 0 Å². The first kappa shape index (κ1) is 19.6. The van der Waals surface area contributed by atoms with Crippen LogP contribution in [-0.2, 0) is 11.3 Å². The third-order valence-corrected chi connectivity index (χ3v) is 4.29. The molecular weight excluding hydrogens is 314 g/mol. The first-order valence-electron chi connectivity index (χ1n) is 9.68. The number of guanidine groups is 1. The zero-order valence-electron chi connectivity index (χ0n) is 15.7. The molecule has 2 rings (SSSR count). The van der Waals surface area contributed by atoms with Crippen LogP contribution in [-0.4, -0.2) is 38.4 Å². The Morgan fingerprint density at radius 3 is 2.72 bits per heavy atom. The molecule has 140 valence electrons. The Kier molecular flexibility index (Phi) is 9.19. The van der Waals surface area contributed by atoms with E-state index in [1.54, 1.807) is 0 Å². The minimum atomic E-state index is 0.497. The summed E-state index contributed by atoms with van der Waals surface area (Å²) in [5, 5.41) is 6.68. The van der Waals surface area contributed by atoms with E-state index in [0.29, 0.717) is 19.3 Å². The van der Waals surface area contributed by atoms with E-state index < -0.39 is 0 Å². The van der Waals surface area contributed by atoms with Crippen LogP contribution in [0.2, 0.25) is 0 Å². The third kappa shape index (κ3) is 7.34. The van der Waals surface area contributed by atoms with Gasteiger partial charge in [-0.05, 0) is 39.2 Å². The van der Waals surface area contributed by atoms with E-state index in [9.17, 15) is 0 Å². The zero-order chi connectivity index (χ0) is 17.7. The molecule has 1 aromatic rings. The molecule has 1 saturated carbocycles. The van der Waals surface area contributed by atoms with Gasteiger partial charge in [0.15, 0.2) is 5.96 Å². The lowest BCUT2D eigenvalue weighted by atomic mass is 10.2. The number of nitrogens with one attached hydrogen (secondary N) is 2. The molecule has 0 unspecified atom stereocenters. The number of nitrogens with zero attached hydrogens (tertiary/aromatic N) is 1. The molecule has 0 radical (unpaired) electrons. The van der Waals surface area contributed by atoms with Crippen molar-refractivity contribution in [2.24, 2.45) is 4.99 Å². The second-order valence-electron chi connectivity index (χ2n) is 6.29. The number of rotatable bonds is 10. The van der Waals surface area contributed by atoms with Gasteiger partial charge in [-0.3, -0.25) is 0 Å². The minimum Gasteiger partial charge on any atom is -0.494 e. The maximum absolute atomic E-state index is 5.90. The number of para-hydroxylation sites is 1. The van der Waals surface area contributed by atoms with Crippen molar-refractivity contribution >= 4 is 5.96 Å². The van der Waals surface area contributed by atoms with Gasteiger partial charge in [-0.25, -0.2) is 4.99 Å². The summed E-state index contributed by atoms with van der Waals surface area (Å²) >= 11 is 0. The summed E-state index contributed by atoms with van der Waals surface area (Å²) in [5.41, 5.74) is 1.10. The summed E-state index contributed by atoms with van der Waals surface area (Å²) in [6, 6.07) is 8.07. The molecule has 0 heterocycles. The lowest BCUT2D eigenvalue weighted by Gasteiger charge is -2.14. The van der Waals surface area contributed by atoms with Crippen LogP contribution in [0.4, 0.5) is 0 Å². The number of ether oxygens (including phenoxy) is 2. The first-order chi connectivity index (χ1) is 12.3. The Hall–Kier alpha value is -1.75. The summed E-state index contributed by atoms with van der Waals surface area (Å²) in [6.45, 7) is 7.88. The van der Waals surface area contributed by atoms with Crippen molar-refractivity contribution in [2.75, 3.05) is 26.3 Å². The Balaban J connectivity index is 1.75. The highest BCUT2D eigenvalue weighted by atomic mass is 16.5. The highest BCUT2D eigenvalue weighted by molar-refractivity contribution is 5.79. The molecule has 0 saturated heterocycles. The Labute approximate surface area is 152 Å². The van der Waals surface area contributed by atoms with Crippen LogP contribution in [0.25, 0.3) is 0 Å². The Morgan fingerprint density at radius 2 is 1.96 bits per heavy atom. The van der Waals surface area contributed by atoms with Crippen LogP contribution < -0.4 is 15.4 Å². The van der Waals surface area contributed by atoms with Gasteiger partial charge in [0.1, 0.15) is 5.75 Å². The molecule has 2 N–H and O–H groups in total. The smallest absolute Gasteiger partial charge is 0.191 e. The predicted octanol–water partition coefficient (Wildman–Crippen LogP) is 3.49. The van der Waals surface area contributed by atoms with Crippen molar-refractivity contribution in [3.8, 4) is 5.75 Å². The van der Waals surface area contributed by atoms with Crippen LogP contribution in [0, 0.1) is 0 Å². The van der Waals surface area contributed by atoms with Crippen LogP contribution in [0.15, 0.2) is 29.3 Å². The van der Waals surface area contributed by atoms with E-state index in [4.69, 9.17) is 9.47 Å². The summed E-state index contributed by atoms with van der Waals surface area (Å²) in [7, 11) is 0. The fourth-order valence-electron chi connectivity index (χ4n) is 3.02. The van der Waals surface area contributed by atoms with Crippen LogP contribution in [0.3, 0.4) is 0 Å². The molecule has 0 aliphatic heterocycles. The largest absolute Gasteiger partial charge is 0.494 e. The second-order valence-corrected chi connectivity index (χ2v) is 6.29. The molecule has 1 fully saturated rings. The lowest BCUT2D eigenvalue weighted by Crippen LogP contribution is -2.38. The molecule has 0 atom stereocenters. The molecular formula is C20H33N3O2. The lowest BCUT2D eigenvalue weighted by molar-refractivity contribution is 0.0574. The van der Waals surface area contributed by atoms with Crippen molar-refractivity contribution in [1.29, 1.82) is 0 Å². The summed E-state index contributed by atoms with van der Waals surface area (Å²) in [5.74, 6) is 1.75. The monoisotopic (exact) mass is 347 g/mol. The van der Waals surface area contributed by atoms with Crippen molar-refractivity contribution in [1.82, 2.24) is 10.6 Å². The summed E-state index contributed by atoms with van der Waals surface area (Å²) < 4.78 is 11.6. The molecule has 0 aromatic heterocycles. The van der Waals surface area contributed by atoms with E-state index in [2.05, 4.69) is 28.6 Å². The number of benzene rings is 1. The Morgan fingerprint density at radius 1 is 1.16 bits per heavy atom. The number of hydrogen-bond acceptors (Lipinski definition) is 3. The van der Waals surface area contributed by atoms with Crippen molar-refractivity contribution in [2.45, 2.75) is 58.6 Å². The number of aliphatic imine (C=N–C) groups is 1. The first-order valence-corrected chi connectivity index (χ1v) is 9.68. The molecule has 1 aromatic carbocycles. The number of hydrogen-bond donors (Lipinski definition) is 2. The minimum absolute atomic E-state index is 0.497. The SMILES string of the molecule is CCNC(=NCc1ccccc1OCC)NCCCOC1CCCC1. The fourth-order valence-corrected chi connectivity index (χ4v) is 3.02. The van der Waals surface area contributed by atoms with E-state index in [-0.39, 0.29) is 0 Å². The molecule has 0 spiro atoms. The van der Waals surface area contributed by atoms with Gasteiger partial charge < -0.3 is 20.1 Å². The topological polar surface area (TPSA) is 54.9 Å². The highest BCUT2D eigenvalue weighted by Crippen LogP contribution is 2.21. The van der Waals surface area contributed by atoms with Gasteiger partial charge in [0.05, 0.1) is 19.3 Å². The average molecular weight is 348 g/mol. The predicted molar refractivity (Wildman–Crippen MR) is 103 cm³/mol. The summed E-state index contributed by atoms with van der Waals surface area (Å²) in [4.78, 5) is 4.68. The van der Waals surface area contributed by atoms with Gasteiger partial charge in [-0.1, -0.05) is 31.0 Å². The quantitative estimate of drug-likeness (QED) is 0.386. The van der Waals surface area contributed by atoms with E-state index in [0.717, 1.165) is 43.4 Å². The van der Waals surface area contributed by atoms with Crippen LogP contribution in [0.5, 0.6) is 5.75 Å². The maximum Gasteiger partial charge on any atom is 0.191 e. The normalized spacial score (nSPS) is 15.4. The molecule has 1 aliphatic carbocycles. The fraction of sp³-hybridized carbons (Fsp3) is 0.650. The molecule has 0 amide bonds. The van der Waals surface area contributed by atoms with Crippen LogP contribution in [0.1, 0.15) is 51.5 Å². The molecule has 5 heteroatoms. The average Bonchev–Trinajstić information content (AvgIpc) is 3.14. The van der Waals surface area contributed by atoms with Crippen LogP contribution >= 0.6 is 0 Å². The van der Waals surface area contributed by atoms with Gasteiger partial charge in [-0.2, -0.15) is 0 Å². The van der Waals surface area contributed by atoms with Gasteiger partial charge in [0.25, 0.3) is 0 Å². The zero-order valence-corrected chi connectivity index (χ0v) is 15.7. The van der Waals surface area contributed by atoms with Crippen molar-refractivity contribution in [3.05, 3.63) is 29.8 Å². The second kappa shape index (κ2) is 11.7. The molecule has 25 heavy (non-hydrogen) atoms. The summed E-state index contributed by atoms with van der Waals surface area (Å²) in [6.07, 6.45) is 6.61. The third-order valence-electron chi connectivity index (χ3n) is 4.29.